The normalized spacial score (nSPS) is 17.2. The molecular weight excluding hydrogens is 273 g/mol. The maximum absolute atomic E-state index is 12.5. The Bertz CT molecular complexity index is 509. The average Bonchev–Trinajstić information content (AvgIpc) is 2.40. The molecule has 0 bridgehead atoms. The van der Waals surface area contributed by atoms with Gasteiger partial charge in [0.05, 0.1) is 17.2 Å². The summed E-state index contributed by atoms with van der Waals surface area (Å²) in [4.78, 5) is 13.5. The van der Waals surface area contributed by atoms with E-state index in [0.717, 1.165) is 0 Å². The molecule has 0 atom stereocenters. The number of hydrogen-bond acceptors (Lipinski definition) is 3. The molecule has 1 aliphatic heterocycles. The maximum Gasteiger partial charge on any atom is 0.391 e. The number of halogens is 3. The molecule has 0 saturated carbocycles. The van der Waals surface area contributed by atoms with E-state index in [1.54, 1.807) is 0 Å². The Balaban J connectivity index is 2.07. The van der Waals surface area contributed by atoms with E-state index in [2.05, 4.69) is 0 Å². The molecule has 2 rings (SSSR count). The summed E-state index contributed by atoms with van der Waals surface area (Å²) in [6, 6.07) is 4.37. The number of nitrogens with two attached hydrogens (primary N) is 1. The summed E-state index contributed by atoms with van der Waals surface area (Å²) in [6.07, 6.45) is -4.44. The quantitative estimate of drug-likeness (QED) is 0.616. The van der Waals surface area contributed by atoms with E-state index < -0.39 is 18.0 Å². The van der Waals surface area contributed by atoms with Gasteiger partial charge in [-0.25, -0.2) is 0 Å². The van der Waals surface area contributed by atoms with Gasteiger partial charge in [-0.1, -0.05) is 6.07 Å². The van der Waals surface area contributed by atoms with Gasteiger partial charge in [-0.2, -0.15) is 13.2 Å². The highest BCUT2D eigenvalue weighted by Gasteiger charge is 2.41. The number of phenols is 1. The van der Waals surface area contributed by atoms with Crippen molar-refractivity contribution >= 4 is 11.6 Å². The zero-order valence-electron chi connectivity index (χ0n) is 10.7. The van der Waals surface area contributed by atoms with Crippen LogP contribution in [0.5, 0.6) is 5.75 Å². The number of piperidine rings is 1. The smallest absolute Gasteiger partial charge is 0.391 e. The molecule has 1 amide bonds. The molecule has 0 spiro atoms. The lowest BCUT2D eigenvalue weighted by Gasteiger charge is -2.33. The number of likely N-dealkylation sites (tertiary alicyclic amines) is 1. The first kappa shape index (κ1) is 14.5. The lowest BCUT2D eigenvalue weighted by Crippen LogP contribution is -2.42. The van der Waals surface area contributed by atoms with Crippen LogP contribution in [0.1, 0.15) is 23.2 Å². The molecule has 20 heavy (non-hydrogen) atoms. The number of carbonyl (C=O) groups is 1. The Labute approximate surface area is 114 Å². The molecule has 1 aliphatic rings. The second-order valence-electron chi connectivity index (χ2n) is 4.85. The number of carbonyl (C=O) groups excluding carboxylic acids is 1. The van der Waals surface area contributed by atoms with Gasteiger partial charge in [0.15, 0.2) is 5.75 Å². The van der Waals surface area contributed by atoms with E-state index >= 15 is 0 Å². The van der Waals surface area contributed by atoms with Crippen molar-refractivity contribution in [1.29, 1.82) is 0 Å². The predicted molar refractivity (Wildman–Crippen MR) is 67.2 cm³/mol. The summed E-state index contributed by atoms with van der Waals surface area (Å²) in [7, 11) is 0. The fourth-order valence-corrected chi connectivity index (χ4v) is 2.31. The Morgan fingerprint density at radius 3 is 2.45 bits per heavy atom. The number of alkyl halides is 3. The Hall–Kier alpha value is -1.92. The molecular formula is C13H15F3N2O2. The maximum atomic E-state index is 12.5. The molecule has 4 nitrogen and oxygen atoms in total. The van der Waals surface area contributed by atoms with Crippen LogP contribution in [0.2, 0.25) is 0 Å². The highest BCUT2D eigenvalue weighted by atomic mass is 19.4. The number of rotatable bonds is 1. The van der Waals surface area contributed by atoms with Crippen LogP contribution in [0.15, 0.2) is 18.2 Å². The zero-order valence-corrected chi connectivity index (χ0v) is 10.7. The number of aromatic hydroxyl groups is 1. The van der Waals surface area contributed by atoms with Crippen LogP contribution in [0, 0.1) is 5.92 Å². The van der Waals surface area contributed by atoms with E-state index in [1.807, 2.05) is 0 Å². The number of hydrogen-bond donors (Lipinski definition) is 2. The first-order valence-corrected chi connectivity index (χ1v) is 6.24. The Morgan fingerprint density at radius 2 is 1.90 bits per heavy atom. The van der Waals surface area contributed by atoms with Crippen LogP contribution in [0.4, 0.5) is 18.9 Å². The lowest BCUT2D eigenvalue weighted by molar-refractivity contribution is -0.183. The molecule has 7 heteroatoms. The topological polar surface area (TPSA) is 66.6 Å². The van der Waals surface area contributed by atoms with Crippen LogP contribution >= 0.6 is 0 Å². The average molecular weight is 288 g/mol. The number of nitrogens with zero attached hydrogens (tertiary/aromatic N) is 1. The number of amides is 1. The molecule has 1 aromatic rings. The largest absolute Gasteiger partial charge is 0.505 e. The minimum atomic E-state index is -4.21. The minimum absolute atomic E-state index is 0.0236. The van der Waals surface area contributed by atoms with Crippen molar-refractivity contribution in [3.05, 3.63) is 23.8 Å². The van der Waals surface area contributed by atoms with E-state index in [0.29, 0.717) is 0 Å². The van der Waals surface area contributed by atoms with Crippen molar-refractivity contribution in [2.75, 3.05) is 18.8 Å². The summed E-state index contributed by atoms with van der Waals surface area (Å²) in [5.74, 6) is -2.17. The lowest BCUT2D eigenvalue weighted by atomic mass is 9.95. The van der Waals surface area contributed by atoms with E-state index in [-0.39, 0.29) is 42.9 Å². The van der Waals surface area contributed by atoms with Crippen molar-refractivity contribution in [2.24, 2.45) is 5.92 Å². The van der Waals surface area contributed by atoms with Crippen LogP contribution < -0.4 is 5.73 Å². The van der Waals surface area contributed by atoms with Crippen LogP contribution in [0.25, 0.3) is 0 Å². The molecule has 0 radical (unpaired) electrons. The highest BCUT2D eigenvalue weighted by Crippen LogP contribution is 2.35. The third kappa shape index (κ3) is 2.81. The number of para-hydroxylation sites is 1. The molecule has 1 heterocycles. The summed E-state index contributed by atoms with van der Waals surface area (Å²) in [6.45, 7) is 0.0501. The molecule has 1 aromatic carbocycles. The van der Waals surface area contributed by atoms with Crippen LogP contribution in [-0.2, 0) is 0 Å². The Morgan fingerprint density at radius 1 is 1.30 bits per heavy atom. The van der Waals surface area contributed by atoms with E-state index in [9.17, 15) is 23.1 Å². The number of benzene rings is 1. The minimum Gasteiger partial charge on any atom is -0.505 e. The number of nitrogen functional groups attached to an aromatic ring is 1. The standard InChI is InChI=1S/C13H15F3N2O2/c14-13(15,16)8-4-6-18(7-5-8)12(20)9-2-1-3-10(17)11(9)19/h1-3,8,19H,4-7,17H2. The monoisotopic (exact) mass is 288 g/mol. The van der Waals surface area contributed by atoms with Gasteiger partial charge in [0.1, 0.15) is 0 Å². The van der Waals surface area contributed by atoms with Crippen molar-refractivity contribution < 1.29 is 23.1 Å². The zero-order chi connectivity index (χ0) is 14.9. The molecule has 0 aliphatic carbocycles. The summed E-state index contributed by atoms with van der Waals surface area (Å²) in [5.41, 5.74) is 5.59. The second-order valence-corrected chi connectivity index (χ2v) is 4.85. The molecule has 0 unspecified atom stereocenters. The van der Waals surface area contributed by atoms with Gasteiger partial charge in [0.25, 0.3) is 5.91 Å². The molecule has 3 N–H and O–H groups in total. The first-order valence-electron chi connectivity index (χ1n) is 6.24. The number of anilines is 1. The highest BCUT2D eigenvalue weighted by molar-refractivity contribution is 5.98. The number of phenolic OH excluding ortho intramolecular Hbond substituents is 1. The molecule has 0 aromatic heterocycles. The van der Waals surface area contributed by atoms with Gasteiger partial charge < -0.3 is 15.7 Å². The fourth-order valence-electron chi connectivity index (χ4n) is 2.31. The molecule has 110 valence electrons. The third-order valence-corrected chi connectivity index (χ3v) is 3.54. The van der Waals surface area contributed by atoms with Gasteiger partial charge in [-0.05, 0) is 25.0 Å². The van der Waals surface area contributed by atoms with Gasteiger partial charge in [0, 0.05) is 13.1 Å². The van der Waals surface area contributed by atoms with Crippen molar-refractivity contribution in [3.8, 4) is 5.75 Å². The summed E-state index contributed by atoms with van der Waals surface area (Å²) in [5, 5.41) is 9.73. The predicted octanol–water partition coefficient (Wildman–Crippen LogP) is 2.39. The third-order valence-electron chi connectivity index (χ3n) is 3.54. The van der Waals surface area contributed by atoms with Crippen molar-refractivity contribution in [3.63, 3.8) is 0 Å². The Kier molecular flexibility index (Phi) is 3.78. The van der Waals surface area contributed by atoms with E-state index in [1.165, 1.54) is 23.1 Å². The van der Waals surface area contributed by atoms with Crippen LogP contribution in [0.3, 0.4) is 0 Å². The van der Waals surface area contributed by atoms with E-state index in [4.69, 9.17) is 5.73 Å². The van der Waals surface area contributed by atoms with Crippen LogP contribution in [-0.4, -0.2) is 35.2 Å². The van der Waals surface area contributed by atoms with Gasteiger partial charge in [0.2, 0.25) is 0 Å². The first-order chi connectivity index (χ1) is 9.30. The molecule has 1 saturated heterocycles. The molecule has 1 fully saturated rings. The summed E-state index contributed by atoms with van der Waals surface area (Å²) < 4.78 is 37.6. The SMILES string of the molecule is Nc1cccc(C(=O)N2CCC(C(F)(F)F)CC2)c1O. The van der Waals surface area contributed by atoms with Crippen molar-refractivity contribution in [1.82, 2.24) is 4.90 Å². The van der Waals surface area contributed by atoms with Crippen molar-refractivity contribution in [2.45, 2.75) is 19.0 Å². The van der Waals surface area contributed by atoms with Gasteiger partial charge in [-0.3, -0.25) is 4.79 Å². The fraction of sp³-hybridized carbons (Fsp3) is 0.462. The van der Waals surface area contributed by atoms with Gasteiger partial charge in [-0.15, -0.1) is 0 Å². The second kappa shape index (κ2) is 5.22. The summed E-state index contributed by atoms with van der Waals surface area (Å²) >= 11 is 0. The van der Waals surface area contributed by atoms with Gasteiger partial charge >= 0.3 is 6.18 Å².